The van der Waals surface area contributed by atoms with E-state index >= 15 is 0 Å². The number of hydrogen-bond donors (Lipinski definition) is 2. The van der Waals surface area contributed by atoms with E-state index in [4.69, 9.17) is 4.74 Å². The second kappa shape index (κ2) is 5.57. The molecule has 0 bridgehead atoms. The number of methoxy groups -OCH3 is 1. The first-order valence-electron chi connectivity index (χ1n) is 7.95. The lowest BCUT2D eigenvalue weighted by atomic mass is 9.94. The Bertz CT molecular complexity index is 1040. The van der Waals surface area contributed by atoms with Crippen LogP contribution in [0.3, 0.4) is 0 Å². The molecule has 0 saturated carbocycles. The maximum Gasteiger partial charge on any atom is 0.340 e. The smallest absolute Gasteiger partial charge is 0.340 e. The van der Waals surface area contributed by atoms with E-state index in [9.17, 15) is 4.79 Å². The number of carbonyl (C=O) groups excluding carboxylic acids is 1. The van der Waals surface area contributed by atoms with Gasteiger partial charge in [-0.25, -0.2) is 4.79 Å². The third-order valence-electron chi connectivity index (χ3n) is 4.65. The van der Waals surface area contributed by atoms with Crippen LogP contribution >= 0.6 is 0 Å². The number of carbonyl (C=O) groups is 1. The number of benzene rings is 2. The van der Waals surface area contributed by atoms with Crippen LogP contribution < -0.4 is 0 Å². The van der Waals surface area contributed by atoms with Crippen molar-refractivity contribution in [2.75, 3.05) is 7.11 Å². The molecule has 2 heterocycles. The van der Waals surface area contributed by atoms with Crippen LogP contribution in [0.5, 0.6) is 0 Å². The molecule has 2 aromatic carbocycles. The SMILES string of the molecule is COC(=O)c1c(C(C)c2c[nH]c3ccccc23)[nH]c2ccccc12. The first-order chi connectivity index (χ1) is 11.7. The van der Waals surface area contributed by atoms with E-state index in [1.807, 2.05) is 42.6 Å². The number of aromatic nitrogens is 2. The molecule has 1 unspecified atom stereocenters. The topological polar surface area (TPSA) is 57.9 Å². The molecule has 0 saturated heterocycles. The summed E-state index contributed by atoms with van der Waals surface area (Å²) in [6.45, 7) is 2.10. The number of hydrogen-bond acceptors (Lipinski definition) is 2. The number of rotatable bonds is 3. The summed E-state index contributed by atoms with van der Waals surface area (Å²) >= 11 is 0. The van der Waals surface area contributed by atoms with E-state index in [-0.39, 0.29) is 11.9 Å². The monoisotopic (exact) mass is 318 g/mol. The number of ether oxygens (including phenoxy) is 1. The summed E-state index contributed by atoms with van der Waals surface area (Å²) in [5.41, 5.74) is 4.69. The van der Waals surface area contributed by atoms with Crippen LogP contribution in [0, 0.1) is 0 Å². The molecule has 24 heavy (non-hydrogen) atoms. The quantitative estimate of drug-likeness (QED) is 0.543. The van der Waals surface area contributed by atoms with Gasteiger partial charge in [0, 0.05) is 39.6 Å². The van der Waals surface area contributed by atoms with Crippen molar-refractivity contribution >= 4 is 27.8 Å². The highest BCUT2D eigenvalue weighted by Crippen LogP contribution is 2.35. The highest BCUT2D eigenvalue weighted by atomic mass is 16.5. The molecule has 4 aromatic rings. The lowest BCUT2D eigenvalue weighted by molar-refractivity contribution is 0.0601. The predicted molar refractivity (Wildman–Crippen MR) is 95.5 cm³/mol. The Balaban J connectivity index is 1.94. The summed E-state index contributed by atoms with van der Waals surface area (Å²) in [4.78, 5) is 19.1. The molecular weight excluding hydrogens is 300 g/mol. The molecule has 0 aliphatic heterocycles. The molecule has 2 N–H and O–H groups in total. The van der Waals surface area contributed by atoms with Gasteiger partial charge in [0.2, 0.25) is 0 Å². The number of fused-ring (bicyclic) bond motifs is 2. The van der Waals surface area contributed by atoms with Gasteiger partial charge in [-0.3, -0.25) is 0 Å². The summed E-state index contributed by atoms with van der Waals surface area (Å²) in [5.74, 6) is -0.281. The Labute approximate surface area is 139 Å². The summed E-state index contributed by atoms with van der Waals surface area (Å²) in [6.07, 6.45) is 2.02. The Hall–Kier alpha value is -3.01. The molecular formula is C20H18N2O2. The van der Waals surface area contributed by atoms with Crippen molar-refractivity contribution in [3.05, 3.63) is 71.5 Å². The molecule has 120 valence electrons. The van der Waals surface area contributed by atoms with Crippen molar-refractivity contribution in [2.45, 2.75) is 12.8 Å². The van der Waals surface area contributed by atoms with Crippen LogP contribution in [0.25, 0.3) is 21.8 Å². The van der Waals surface area contributed by atoms with Crippen molar-refractivity contribution in [1.29, 1.82) is 0 Å². The summed E-state index contributed by atoms with van der Waals surface area (Å²) in [7, 11) is 1.42. The number of para-hydroxylation sites is 2. The predicted octanol–water partition coefficient (Wildman–Crippen LogP) is 4.59. The Morgan fingerprint density at radius 1 is 1.00 bits per heavy atom. The highest BCUT2D eigenvalue weighted by Gasteiger charge is 2.24. The van der Waals surface area contributed by atoms with E-state index in [1.165, 1.54) is 12.5 Å². The van der Waals surface area contributed by atoms with Gasteiger partial charge in [0.15, 0.2) is 0 Å². The Kier molecular flexibility index (Phi) is 3.38. The van der Waals surface area contributed by atoms with Gasteiger partial charge in [-0.15, -0.1) is 0 Å². The minimum atomic E-state index is -0.311. The fourth-order valence-corrected chi connectivity index (χ4v) is 3.42. The second-order valence-electron chi connectivity index (χ2n) is 5.96. The third kappa shape index (κ3) is 2.11. The van der Waals surface area contributed by atoms with Gasteiger partial charge in [-0.05, 0) is 17.7 Å². The average molecular weight is 318 g/mol. The maximum absolute atomic E-state index is 12.4. The van der Waals surface area contributed by atoms with E-state index in [2.05, 4.69) is 29.0 Å². The van der Waals surface area contributed by atoms with Gasteiger partial charge < -0.3 is 14.7 Å². The van der Waals surface area contributed by atoms with Crippen LogP contribution in [0.15, 0.2) is 54.7 Å². The van der Waals surface area contributed by atoms with Gasteiger partial charge in [-0.1, -0.05) is 43.3 Å². The fourth-order valence-electron chi connectivity index (χ4n) is 3.42. The van der Waals surface area contributed by atoms with Crippen molar-refractivity contribution in [2.24, 2.45) is 0 Å². The lowest BCUT2D eigenvalue weighted by Gasteiger charge is -2.11. The van der Waals surface area contributed by atoms with E-state index in [0.29, 0.717) is 5.56 Å². The van der Waals surface area contributed by atoms with Crippen molar-refractivity contribution in [1.82, 2.24) is 9.97 Å². The van der Waals surface area contributed by atoms with E-state index < -0.39 is 0 Å². The normalized spacial score (nSPS) is 12.6. The Morgan fingerprint density at radius 2 is 1.67 bits per heavy atom. The molecule has 0 radical (unpaired) electrons. The van der Waals surface area contributed by atoms with Crippen molar-refractivity contribution in [3.63, 3.8) is 0 Å². The zero-order valence-electron chi connectivity index (χ0n) is 13.6. The molecule has 0 fully saturated rings. The van der Waals surface area contributed by atoms with E-state index in [0.717, 1.165) is 27.7 Å². The number of aromatic amines is 2. The van der Waals surface area contributed by atoms with Crippen LogP contribution in [0.2, 0.25) is 0 Å². The molecule has 1 atom stereocenters. The molecule has 0 spiro atoms. The summed E-state index contributed by atoms with van der Waals surface area (Å²) < 4.78 is 5.03. The first-order valence-corrected chi connectivity index (χ1v) is 7.95. The fraction of sp³-hybridized carbons (Fsp3) is 0.150. The molecule has 0 aliphatic carbocycles. The summed E-state index contributed by atoms with van der Waals surface area (Å²) in [5, 5.41) is 2.06. The first kappa shape index (κ1) is 14.6. The minimum Gasteiger partial charge on any atom is -0.465 e. The molecule has 4 rings (SSSR count). The highest BCUT2D eigenvalue weighted by molar-refractivity contribution is 6.06. The van der Waals surface area contributed by atoms with Crippen molar-refractivity contribution in [3.8, 4) is 0 Å². The van der Waals surface area contributed by atoms with Crippen LogP contribution in [-0.2, 0) is 4.74 Å². The zero-order chi connectivity index (χ0) is 16.7. The van der Waals surface area contributed by atoms with Gasteiger partial charge in [0.05, 0.1) is 12.7 Å². The third-order valence-corrected chi connectivity index (χ3v) is 4.65. The van der Waals surface area contributed by atoms with Crippen LogP contribution in [0.1, 0.15) is 34.5 Å². The largest absolute Gasteiger partial charge is 0.465 e. The minimum absolute atomic E-state index is 0.0302. The second-order valence-corrected chi connectivity index (χ2v) is 5.96. The standard InChI is InChI=1S/C20H18N2O2/c1-12(15-11-21-16-9-5-3-7-13(15)16)19-18(20(23)24-2)14-8-4-6-10-17(14)22-19/h3-12,21-22H,1-2H3. The molecule has 4 nitrogen and oxygen atoms in total. The number of esters is 1. The van der Waals surface area contributed by atoms with Crippen LogP contribution in [-0.4, -0.2) is 23.0 Å². The molecule has 0 aliphatic rings. The van der Waals surface area contributed by atoms with Crippen molar-refractivity contribution < 1.29 is 9.53 Å². The molecule has 0 amide bonds. The average Bonchev–Trinajstić information content (AvgIpc) is 3.22. The van der Waals surface area contributed by atoms with Gasteiger partial charge in [0.25, 0.3) is 0 Å². The summed E-state index contributed by atoms with van der Waals surface area (Å²) in [6, 6.07) is 16.0. The maximum atomic E-state index is 12.4. The zero-order valence-corrected chi connectivity index (χ0v) is 13.6. The molecule has 2 aromatic heterocycles. The van der Waals surface area contributed by atoms with Crippen LogP contribution in [0.4, 0.5) is 0 Å². The molecule has 4 heteroatoms. The van der Waals surface area contributed by atoms with Gasteiger partial charge in [-0.2, -0.15) is 0 Å². The van der Waals surface area contributed by atoms with E-state index in [1.54, 1.807) is 0 Å². The number of H-pyrrole nitrogens is 2. The van der Waals surface area contributed by atoms with Gasteiger partial charge in [0.1, 0.15) is 0 Å². The number of nitrogens with one attached hydrogen (secondary N) is 2. The lowest BCUT2D eigenvalue weighted by Crippen LogP contribution is -2.07. The Morgan fingerprint density at radius 3 is 2.42 bits per heavy atom. The van der Waals surface area contributed by atoms with Gasteiger partial charge >= 0.3 is 5.97 Å².